The number of halogens is 1. The van der Waals surface area contributed by atoms with Crippen LogP contribution in [0.3, 0.4) is 0 Å². The van der Waals surface area contributed by atoms with E-state index in [-0.39, 0.29) is 32.0 Å². The number of nitrogens with one attached hydrogen (secondary N) is 1. The molecule has 1 aromatic carbocycles. The molecule has 0 spiro atoms. The van der Waals surface area contributed by atoms with Crippen molar-refractivity contribution >= 4 is 27.5 Å². The summed E-state index contributed by atoms with van der Waals surface area (Å²) in [6, 6.07) is 7.53. The number of benzene rings is 1. The maximum atomic E-state index is 13.1. The van der Waals surface area contributed by atoms with Gasteiger partial charge < -0.3 is 9.84 Å². The molecule has 0 aromatic heterocycles. The van der Waals surface area contributed by atoms with Gasteiger partial charge in [-0.25, -0.2) is 18.2 Å². The number of hydroxylamine groups is 1. The fourth-order valence-corrected chi connectivity index (χ4v) is 6.18. The Labute approximate surface area is 163 Å². The molecule has 0 aliphatic carbocycles. The molecule has 2 aliphatic rings. The Hall–Kier alpha value is -1.23. The average molecular weight is 419 g/mol. The molecular formula is C17H23ClN2O6S. The fourth-order valence-electron chi connectivity index (χ4n) is 3.84. The summed E-state index contributed by atoms with van der Waals surface area (Å²) in [6.45, 7) is 0.202. The van der Waals surface area contributed by atoms with Crippen LogP contribution in [-0.2, 0) is 19.6 Å². The highest BCUT2D eigenvalue weighted by Gasteiger charge is 2.54. The fraction of sp³-hybridized carbons (Fsp3) is 0.588. The highest BCUT2D eigenvalue weighted by atomic mass is 35.5. The van der Waals surface area contributed by atoms with Gasteiger partial charge in [-0.15, -0.1) is 0 Å². The van der Waals surface area contributed by atoms with E-state index in [4.69, 9.17) is 21.5 Å². The van der Waals surface area contributed by atoms with Gasteiger partial charge in [0.15, 0.2) is 5.60 Å². The van der Waals surface area contributed by atoms with Crippen molar-refractivity contribution in [3.63, 3.8) is 0 Å². The lowest BCUT2D eigenvalue weighted by molar-refractivity contribution is -0.161. The molecule has 2 unspecified atom stereocenters. The summed E-state index contributed by atoms with van der Waals surface area (Å²) >= 11 is 6.04. The van der Waals surface area contributed by atoms with Crippen LogP contribution in [0.4, 0.5) is 0 Å². The summed E-state index contributed by atoms with van der Waals surface area (Å²) in [5.74, 6) is -0.978. The summed E-state index contributed by atoms with van der Waals surface area (Å²) in [5, 5.41) is 18.8. The lowest BCUT2D eigenvalue weighted by Crippen LogP contribution is -2.64. The Morgan fingerprint density at radius 1 is 1.30 bits per heavy atom. The average Bonchev–Trinajstić information content (AvgIpc) is 2.67. The number of piperidine rings is 1. The van der Waals surface area contributed by atoms with E-state index in [0.717, 1.165) is 5.56 Å². The van der Waals surface area contributed by atoms with E-state index in [2.05, 4.69) is 0 Å². The molecule has 2 heterocycles. The van der Waals surface area contributed by atoms with Crippen LogP contribution in [0.25, 0.3) is 0 Å². The smallest absolute Gasteiger partial charge is 0.279 e. The number of ether oxygens (including phenoxy) is 1. The SMILES string of the molecule is O=C(NO)C1(O)COCCC1S(=O)(=O)N1CCC(c2cccc(Cl)c2)CC1. The first-order valence-electron chi connectivity index (χ1n) is 8.78. The van der Waals surface area contributed by atoms with Gasteiger partial charge >= 0.3 is 0 Å². The van der Waals surface area contributed by atoms with Crippen molar-refractivity contribution < 1.29 is 28.3 Å². The molecule has 3 N–H and O–H groups in total. The lowest BCUT2D eigenvalue weighted by atomic mass is 9.90. The second-order valence-electron chi connectivity index (χ2n) is 6.97. The van der Waals surface area contributed by atoms with Gasteiger partial charge in [0.1, 0.15) is 5.25 Å². The monoisotopic (exact) mass is 418 g/mol. The quantitative estimate of drug-likeness (QED) is 0.493. The molecule has 2 saturated heterocycles. The van der Waals surface area contributed by atoms with E-state index in [1.54, 1.807) is 6.07 Å². The van der Waals surface area contributed by atoms with Gasteiger partial charge in [0.05, 0.1) is 6.61 Å². The minimum atomic E-state index is -3.96. The van der Waals surface area contributed by atoms with E-state index < -0.39 is 33.4 Å². The van der Waals surface area contributed by atoms with Crippen LogP contribution in [0.1, 0.15) is 30.7 Å². The Balaban J connectivity index is 1.75. The van der Waals surface area contributed by atoms with Gasteiger partial charge in [-0.2, -0.15) is 0 Å². The Morgan fingerprint density at radius 3 is 2.63 bits per heavy atom. The first kappa shape index (κ1) is 20.5. The zero-order chi connectivity index (χ0) is 19.7. The number of nitrogens with zero attached hydrogens (tertiary/aromatic N) is 1. The second kappa shape index (κ2) is 8.02. The minimum absolute atomic E-state index is 0.0273. The van der Waals surface area contributed by atoms with Crippen molar-refractivity contribution in [1.29, 1.82) is 0 Å². The largest absolute Gasteiger partial charge is 0.378 e. The molecule has 3 rings (SSSR count). The third kappa shape index (κ3) is 3.98. The number of rotatable bonds is 4. The summed E-state index contributed by atoms with van der Waals surface area (Å²) in [5.41, 5.74) is 0.0970. The van der Waals surface area contributed by atoms with Gasteiger partial charge in [-0.1, -0.05) is 23.7 Å². The van der Waals surface area contributed by atoms with Crippen molar-refractivity contribution in [1.82, 2.24) is 9.79 Å². The molecule has 10 heteroatoms. The van der Waals surface area contributed by atoms with Crippen molar-refractivity contribution in [2.24, 2.45) is 0 Å². The number of sulfonamides is 1. The van der Waals surface area contributed by atoms with E-state index in [0.29, 0.717) is 17.9 Å². The molecule has 2 aliphatic heterocycles. The molecule has 2 fully saturated rings. The van der Waals surface area contributed by atoms with E-state index >= 15 is 0 Å². The minimum Gasteiger partial charge on any atom is -0.378 e. The zero-order valence-electron chi connectivity index (χ0n) is 14.7. The number of hydrogen-bond donors (Lipinski definition) is 3. The van der Waals surface area contributed by atoms with Crippen LogP contribution in [0.2, 0.25) is 5.02 Å². The van der Waals surface area contributed by atoms with Gasteiger partial charge in [0, 0.05) is 24.7 Å². The molecule has 2 atom stereocenters. The predicted octanol–water partition coefficient (Wildman–Crippen LogP) is 0.875. The van der Waals surface area contributed by atoms with Crippen molar-refractivity contribution in [2.75, 3.05) is 26.3 Å². The van der Waals surface area contributed by atoms with E-state index in [1.807, 2.05) is 18.2 Å². The maximum Gasteiger partial charge on any atom is 0.279 e. The third-order valence-electron chi connectivity index (χ3n) is 5.37. The molecule has 150 valence electrons. The summed E-state index contributed by atoms with van der Waals surface area (Å²) in [6.07, 6.45) is 1.21. The lowest BCUT2D eigenvalue weighted by Gasteiger charge is -2.41. The number of carbonyl (C=O) groups is 1. The summed E-state index contributed by atoms with van der Waals surface area (Å²) in [7, 11) is -3.96. The molecule has 0 radical (unpaired) electrons. The standard InChI is InChI=1S/C17H23ClN2O6S/c18-14-3-1-2-13(10-14)12-4-7-20(8-5-12)27(24,25)15-6-9-26-11-17(15,22)16(21)19-23/h1-3,10,12,15,22-23H,4-9,11H2,(H,19,21). The van der Waals surface area contributed by atoms with Gasteiger partial charge in [0.25, 0.3) is 5.91 Å². The van der Waals surface area contributed by atoms with Crippen LogP contribution in [0, 0.1) is 0 Å². The van der Waals surface area contributed by atoms with Crippen LogP contribution >= 0.6 is 11.6 Å². The molecule has 8 nitrogen and oxygen atoms in total. The molecule has 1 aromatic rings. The Morgan fingerprint density at radius 2 is 2.00 bits per heavy atom. The predicted molar refractivity (Wildman–Crippen MR) is 98.0 cm³/mol. The highest BCUT2D eigenvalue weighted by Crippen LogP contribution is 2.34. The first-order valence-corrected chi connectivity index (χ1v) is 10.7. The third-order valence-corrected chi connectivity index (χ3v) is 8.03. The molecule has 0 saturated carbocycles. The first-order chi connectivity index (χ1) is 12.8. The number of amides is 1. The number of carbonyl (C=O) groups excluding carboxylic acids is 1. The van der Waals surface area contributed by atoms with Crippen LogP contribution in [-0.4, -0.2) is 66.1 Å². The van der Waals surface area contributed by atoms with Crippen LogP contribution in [0.15, 0.2) is 24.3 Å². The van der Waals surface area contributed by atoms with Crippen LogP contribution < -0.4 is 5.48 Å². The van der Waals surface area contributed by atoms with Crippen molar-refractivity contribution in [2.45, 2.75) is 36.0 Å². The normalized spacial score (nSPS) is 28.0. The Bertz CT molecular complexity index is 796. The van der Waals surface area contributed by atoms with Crippen LogP contribution in [0.5, 0.6) is 0 Å². The van der Waals surface area contributed by atoms with Crippen molar-refractivity contribution in [3.05, 3.63) is 34.9 Å². The van der Waals surface area contributed by atoms with Gasteiger partial charge in [0.2, 0.25) is 10.0 Å². The van der Waals surface area contributed by atoms with Gasteiger partial charge in [-0.05, 0) is 42.9 Å². The van der Waals surface area contributed by atoms with Crippen molar-refractivity contribution in [3.8, 4) is 0 Å². The zero-order valence-corrected chi connectivity index (χ0v) is 16.2. The molecule has 0 bridgehead atoms. The Kier molecular flexibility index (Phi) is 6.09. The topological polar surface area (TPSA) is 116 Å². The molecular weight excluding hydrogens is 396 g/mol. The summed E-state index contributed by atoms with van der Waals surface area (Å²) in [4.78, 5) is 11.9. The van der Waals surface area contributed by atoms with E-state index in [9.17, 15) is 18.3 Å². The van der Waals surface area contributed by atoms with Gasteiger partial charge in [-0.3, -0.25) is 10.0 Å². The molecule has 27 heavy (non-hydrogen) atoms. The number of aliphatic hydroxyl groups is 1. The summed E-state index contributed by atoms with van der Waals surface area (Å²) < 4.78 is 32.6. The second-order valence-corrected chi connectivity index (χ2v) is 9.52. The maximum absolute atomic E-state index is 13.1. The van der Waals surface area contributed by atoms with E-state index in [1.165, 1.54) is 9.79 Å². The number of hydrogen-bond acceptors (Lipinski definition) is 6. The molecule has 1 amide bonds. The highest BCUT2D eigenvalue weighted by molar-refractivity contribution is 7.89.